The molecule has 0 N–H and O–H groups in total. The second-order valence-electron chi connectivity index (χ2n) is 6.73. The molecule has 1 heterocycles. The van der Waals surface area contributed by atoms with E-state index in [9.17, 15) is 4.39 Å². The summed E-state index contributed by atoms with van der Waals surface area (Å²) in [4.78, 5) is 3.79. The number of nitrogens with zero attached hydrogens (tertiary/aromatic N) is 1. The third kappa shape index (κ3) is 4.34. The lowest BCUT2D eigenvalue weighted by Crippen LogP contribution is -2.12. The number of halogens is 1. The van der Waals surface area contributed by atoms with E-state index in [1.165, 1.54) is 30.0 Å². The zero-order valence-corrected chi connectivity index (χ0v) is 14.4. The van der Waals surface area contributed by atoms with Gasteiger partial charge in [-0.3, -0.25) is 0 Å². The molecule has 0 radical (unpaired) electrons. The lowest BCUT2D eigenvalue weighted by atomic mass is 9.76. The highest BCUT2D eigenvalue weighted by molar-refractivity contribution is 5.30. The Kier molecular flexibility index (Phi) is 5.84. The molecular weight excluding hydrogens is 301 g/mol. The van der Waals surface area contributed by atoms with E-state index in [0.29, 0.717) is 11.8 Å². The first-order valence-electron chi connectivity index (χ1n) is 9.10. The zero-order chi connectivity index (χ0) is 16.8. The predicted molar refractivity (Wildman–Crippen MR) is 95.0 cm³/mol. The van der Waals surface area contributed by atoms with Crippen LogP contribution in [0, 0.1) is 5.95 Å². The summed E-state index contributed by atoms with van der Waals surface area (Å²) in [7, 11) is 0. The first kappa shape index (κ1) is 16.9. The molecule has 2 nitrogen and oxygen atoms in total. The minimum absolute atomic E-state index is 0.395. The highest BCUT2D eigenvalue weighted by Crippen LogP contribution is 2.40. The van der Waals surface area contributed by atoms with Crippen molar-refractivity contribution in [2.45, 2.75) is 57.3 Å². The molecule has 24 heavy (non-hydrogen) atoms. The third-order valence-electron chi connectivity index (χ3n) is 5.07. The fourth-order valence-corrected chi connectivity index (χ4v) is 3.56. The van der Waals surface area contributed by atoms with E-state index in [1.54, 1.807) is 6.20 Å². The predicted octanol–water partition coefficient (Wildman–Crippen LogP) is 5.84. The Morgan fingerprint density at radius 2 is 1.58 bits per heavy atom. The maximum atomic E-state index is 12.9. The summed E-state index contributed by atoms with van der Waals surface area (Å²) >= 11 is 0. The minimum atomic E-state index is -0.395. The number of pyridine rings is 1. The van der Waals surface area contributed by atoms with Crippen LogP contribution in [0.5, 0.6) is 5.75 Å². The molecule has 3 rings (SSSR count). The van der Waals surface area contributed by atoms with E-state index in [4.69, 9.17) is 4.74 Å². The van der Waals surface area contributed by atoms with Crippen molar-refractivity contribution in [3.63, 3.8) is 0 Å². The van der Waals surface area contributed by atoms with Gasteiger partial charge in [0.05, 0.1) is 6.61 Å². The average molecular weight is 327 g/mol. The zero-order valence-electron chi connectivity index (χ0n) is 14.4. The van der Waals surface area contributed by atoms with Crippen molar-refractivity contribution in [3.05, 3.63) is 59.7 Å². The van der Waals surface area contributed by atoms with Gasteiger partial charge in [-0.15, -0.1) is 0 Å². The summed E-state index contributed by atoms with van der Waals surface area (Å²) in [5, 5.41) is 0. The van der Waals surface area contributed by atoms with E-state index >= 15 is 0 Å². The summed E-state index contributed by atoms with van der Waals surface area (Å²) in [6.07, 6.45) is 8.60. The summed E-state index contributed by atoms with van der Waals surface area (Å²) in [5.74, 6) is 1.72. The Morgan fingerprint density at radius 1 is 0.958 bits per heavy atom. The van der Waals surface area contributed by atoms with Gasteiger partial charge in [-0.1, -0.05) is 31.5 Å². The van der Waals surface area contributed by atoms with Gasteiger partial charge < -0.3 is 4.74 Å². The first-order chi connectivity index (χ1) is 11.8. The SMILES string of the molecule is CCCCOc1ccc(C2CCC(c3ccc(F)nc3)CC2)cc1. The van der Waals surface area contributed by atoms with Crippen LogP contribution in [0.25, 0.3) is 0 Å². The number of aromatic nitrogens is 1. The van der Waals surface area contributed by atoms with Crippen molar-refractivity contribution in [1.29, 1.82) is 0 Å². The van der Waals surface area contributed by atoms with Crippen molar-refractivity contribution in [2.75, 3.05) is 6.61 Å². The molecule has 0 unspecified atom stereocenters. The minimum Gasteiger partial charge on any atom is -0.494 e. The number of unbranched alkanes of at least 4 members (excludes halogenated alkanes) is 1. The summed E-state index contributed by atoms with van der Waals surface area (Å²) < 4.78 is 18.7. The van der Waals surface area contributed by atoms with Crippen LogP contribution in [-0.4, -0.2) is 11.6 Å². The van der Waals surface area contributed by atoms with Crippen molar-refractivity contribution >= 4 is 0 Å². The molecule has 0 amide bonds. The molecule has 1 aromatic heterocycles. The highest BCUT2D eigenvalue weighted by atomic mass is 19.1. The number of ether oxygens (including phenoxy) is 1. The molecular formula is C21H26FNO. The van der Waals surface area contributed by atoms with Gasteiger partial charge in [0.25, 0.3) is 0 Å². The molecule has 128 valence electrons. The Hall–Kier alpha value is -1.90. The maximum absolute atomic E-state index is 12.9. The van der Waals surface area contributed by atoms with Crippen LogP contribution in [0.4, 0.5) is 4.39 Å². The van der Waals surface area contributed by atoms with Crippen LogP contribution >= 0.6 is 0 Å². The smallest absolute Gasteiger partial charge is 0.212 e. The van der Waals surface area contributed by atoms with Gasteiger partial charge in [-0.05, 0) is 73.3 Å². The van der Waals surface area contributed by atoms with Crippen LogP contribution in [0.3, 0.4) is 0 Å². The van der Waals surface area contributed by atoms with Crippen LogP contribution in [0.2, 0.25) is 0 Å². The van der Waals surface area contributed by atoms with Crippen molar-refractivity contribution in [3.8, 4) is 5.75 Å². The van der Waals surface area contributed by atoms with Gasteiger partial charge in [0, 0.05) is 6.20 Å². The summed E-state index contributed by atoms with van der Waals surface area (Å²) in [6.45, 7) is 2.97. The Labute approximate surface area is 144 Å². The molecule has 0 bridgehead atoms. The monoisotopic (exact) mass is 327 g/mol. The lowest BCUT2D eigenvalue weighted by Gasteiger charge is -2.29. The molecule has 1 aliphatic carbocycles. The highest BCUT2D eigenvalue weighted by Gasteiger charge is 2.23. The number of benzene rings is 1. The quantitative estimate of drug-likeness (QED) is 0.491. The van der Waals surface area contributed by atoms with Crippen LogP contribution in [0.15, 0.2) is 42.6 Å². The second-order valence-corrected chi connectivity index (χ2v) is 6.73. The lowest BCUT2D eigenvalue weighted by molar-refractivity contribution is 0.309. The number of hydrogen-bond acceptors (Lipinski definition) is 2. The van der Waals surface area contributed by atoms with Gasteiger partial charge in [-0.2, -0.15) is 4.39 Å². The molecule has 3 heteroatoms. The molecule has 1 aliphatic rings. The Morgan fingerprint density at radius 3 is 2.17 bits per heavy atom. The van der Waals surface area contributed by atoms with Crippen molar-refractivity contribution in [2.24, 2.45) is 0 Å². The topological polar surface area (TPSA) is 22.1 Å². The maximum Gasteiger partial charge on any atom is 0.212 e. The molecule has 1 fully saturated rings. The van der Waals surface area contributed by atoms with Crippen LogP contribution < -0.4 is 4.74 Å². The Bertz CT molecular complexity index is 615. The van der Waals surface area contributed by atoms with E-state index in [2.05, 4.69) is 36.2 Å². The van der Waals surface area contributed by atoms with E-state index in [0.717, 1.165) is 38.0 Å². The van der Waals surface area contributed by atoms with Gasteiger partial charge in [0.15, 0.2) is 0 Å². The number of rotatable bonds is 6. The molecule has 0 spiro atoms. The van der Waals surface area contributed by atoms with E-state index < -0.39 is 5.95 Å². The summed E-state index contributed by atoms with van der Waals surface area (Å²) in [5.41, 5.74) is 2.59. The van der Waals surface area contributed by atoms with Gasteiger partial charge in [0.2, 0.25) is 5.95 Å². The molecule has 0 atom stereocenters. The standard InChI is InChI=1S/C21H26FNO/c1-2-3-14-24-20-11-8-17(9-12-20)16-4-6-18(7-5-16)19-10-13-21(22)23-15-19/h8-13,15-16,18H,2-7,14H2,1H3. The van der Waals surface area contributed by atoms with Crippen LogP contribution in [-0.2, 0) is 0 Å². The molecule has 0 aliphatic heterocycles. The third-order valence-corrected chi connectivity index (χ3v) is 5.07. The first-order valence-corrected chi connectivity index (χ1v) is 9.10. The van der Waals surface area contributed by atoms with E-state index in [-0.39, 0.29) is 0 Å². The fraction of sp³-hybridized carbons (Fsp3) is 0.476. The molecule has 1 saturated carbocycles. The second kappa shape index (κ2) is 8.27. The van der Waals surface area contributed by atoms with Crippen LogP contribution in [0.1, 0.15) is 68.4 Å². The van der Waals surface area contributed by atoms with Gasteiger partial charge >= 0.3 is 0 Å². The largest absolute Gasteiger partial charge is 0.494 e. The van der Waals surface area contributed by atoms with E-state index in [1.807, 2.05) is 6.07 Å². The van der Waals surface area contributed by atoms with Crippen molar-refractivity contribution < 1.29 is 9.13 Å². The van der Waals surface area contributed by atoms with Gasteiger partial charge in [0.1, 0.15) is 5.75 Å². The number of hydrogen-bond donors (Lipinski definition) is 0. The average Bonchev–Trinajstić information content (AvgIpc) is 2.63. The Balaban J connectivity index is 1.53. The van der Waals surface area contributed by atoms with Crippen molar-refractivity contribution in [1.82, 2.24) is 4.98 Å². The normalized spacial score (nSPS) is 20.8. The molecule has 2 aromatic rings. The fourth-order valence-electron chi connectivity index (χ4n) is 3.56. The molecule has 0 saturated heterocycles. The van der Waals surface area contributed by atoms with Gasteiger partial charge in [-0.25, -0.2) is 4.98 Å². The summed E-state index contributed by atoms with van der Waals surface area (Å²) in [6, 6.07) is 12.0. The molecule has 1 aromatic carbocycles.